The van der Waals surface area contributed by atoms with Crippen molar-refractivity contribution in [3.8, 4) is 5.75 Å². The second kappa shape index (κ2) is 6.90. The number of nitrogen functional groups attached to an aromatic ring is 1. The van der Waals surface area contributed by atoms with Crippen molar-refractivity contribution in [2.24, 2.45) is 5.92 Å². The zero-order valence-corrected chi connectivity index (χ0v) is 14.5. The number of benzene rings is 1. The molecule has 2 bridgehead atoms. The summed E-state index contributed by atoms with van der Waals surface area (Å²) in [5.74, 6) is -0.785. The Bertz CT molecular complexity index is 706. The Morgan fingerprint density at radius 2 is 1.92 bits per heavy atom. The van der Waals surface area contributed by atoms with Crippen LogP contribution in [-0.4, -0.2) is 41.9 Å². The topological polar surface area (TPSA) is 79.4 Å². The number of alkyl halides is 3. The Hall–Kier alpha value is -2.09. The Morgan fingerprint density at radius 3 is 2.50 bits per heavy atom. The highest BCUT2D eigenvalue weighted by atomic mass is 19.4. The molecule has 0 aliphatic carbocycles. The molecule has 2 aliphatic heterocycles. The van der Waals surface area contributed by atoms with Crippen molar-refractivity contribution in [2.75, 3.05) is 12.8 Å². The summed E-state index contributed by atoms with van der Waals surface area (Å²) in [6, 6.07) is 4.70. The fourth-order valence-corrected chi connectivity index (χ4v) is 4.18. The van der Waals surface area contributed by atoms with Crippen LogP contribution in [0.1, 0.15) is 37.7 Å². The van der Waals surface area contributed by atoms with Crippen molar-refractivity contribution < 1.29 is 22.7 Å². The van der Waals surface area contributed by atoms with Gasteiger partial charge in [0.2, 0.25) is 0 Å². The van der Waals surface area contributed by atoms with Crippen LogP contribution < -0.4 is 10.5 Å². The van der Waals surface area contributed by atoms with Gasteiger partial charge in [0.25, 0.3) is 0 Å². The van der Waals surface area contributed by atoms with Crippen LogP contribution >= 0.6 is 0 Å². The van der Waals surface area contributed by atoms with Gasteiger partial charge in [0, 0.05) is 24.1 Å². The monoisotopic (exact) mass is 369 g/mol. The minimum Gasteiger partial charge on any atom is -0.404 e. The molecule has 2 unspecified atom stereocenters. The maximum Gasteiger partial charge on any atom is 0.573 e. The molecule has 0 aromatic heterocycles. The van der Waals surface area contributed by atoms with Crippen molar-refractivity contribution in [2.45, 2.75) is 50.6 Å². The van der Waals surface area contributed by atoms with E-state index in [2.05, 4.69) is 16.7 Å². The molecule has 0 spiro atoms. The molecule has 0 saturated carbocycles. The zero-order chi connectivity index (χ0) is 19.1. The summed E-state index contributed by atoms with van der Waals surface area (Å²) >= 11 is 0. The maximum atomic E-state index is 12.5. The molecule has 142 valence electrons. The van der Waals surface area contributed by atoms with Crippen molar-refractivity contribution in [1.29, 1.82) is 5.41 Å². The van der Waals surface area contributed by atoms with Crippen molar-refractivity contribution in [3.63, 3.8) is 0 Å². The molecule has 0 amide bonds. The van der Waals surface area contributed by atoms with Crippen LogP contribution in [0.15, 0.2) is 18.2 Å². The number of hydrogen-bond donors (Lipinski definition) is 2. The van der Waals surface area contributed by atoms with Crippen LogP contribution in [0.3, 0.4) is 0 Å². The van der Waals surface area contributed by atoms with E-state index in [4.69, 9.17) is 11.1 Å². The number of anilines is 1. The minimum atomic E-state index is -4.88. The number of nitrogens with one attached hydrogen (secondary N) is 1. The molecule has 2 fully saturated rings. The second-order valence-electron chi connectivity index (χ2n) is 7.16. The number of fused-ring (bicyclic) bond motifs is 2. The van der Waals surface area contributed by atoms with E-state index >= 15 is 0 Å². The summed E-state index contributed by atoms with van der Waals surface area (Å²) in [4.78, 5) is 14.9. The van der Waals surface area contributed by atoms with Gasteiger partial charge in [-0.1, -0.05) is 12.1 Å². The van der Waals surface area contributed by atoms with E-state index in [0.717, 1.165) is 31.7 Å². The summed E-state index contributed by atoms with van der Waals surface area (Å²) < 4.78 is 41.2. The number of ether oxygens (including phenoxy) is 1. The smallest absolute Gasteiger partial charge is 0.404 e. The summed E-state index contributed by atoms with van der Waals surface area (Å²) in [5.41, 5.74) is 4.99. The second-order valence-corrected chi connectivity index (χ2v) is 7.16. The van der Waals surface area contributed by atoms with Gasteiger partial charge in [-0.05, 0) is 44.7 Å². The van der Waals surface area contributed by atoms with Crippen LogP contribution in [0.5, 0.6) is 5.75 Å². The summed E-state index contributed by atoms with van der Waals surface area (Å²) in [5, 5.41) is 8.10. The van der Waals surface area contributed by atoms with E-state index < -0.39 is 17.9 Å². The first-order valence-electron chi connectivity index (χ1n) is 8.64. The van der Waals surface area contributed by atoms with Crippen molar-refractivity contribution in [1.82, 2.24) is 4.90 Å². The molecule has 3 N–H and O–H groups in total. The molecule has 2 aliphatic rings. The molecular formula is C18H22F3N3O2. The molecule has 3 rings (SSSR count). The van der Waals surface area contributed by atoms with Crippen LogP contribution in [0.25, 0.3) is 0 Å². The van der Waals surface area contributed by atoms with Gasteiger partial charge < -0.3 is 15.4 Å². The molecule has 1 aromatic carbocycles. The van der Waals surface area contributed by atoms with E-state index in [-0.39, 0.29) is 29.3 Å². The van der Waals surface area contributed by atoms with E-state index in [1.54, 1.807) is 0 Å². The number of Topliss-reactive ketones (excluding diaryl/α,β-unsaturated/α-hetero) is 1. The van der Waals surface area contributed by atoms with Gasteiger partial charge in [0.05, 0.1) is 5.69 Å². The third-order valence-electron chi connectivity index (χ3n) is 5.51. The van der Waals surface area contributed by atoms with E-state index in [0.29, 0.717) is 12.1 Å². The number of halogens is 3. The Kier molecular flexibility index (Phi) is 4.96. The van der Waals surface area contributed by atoms with E-state index in [1.807, 2.05) is 0 Å². The highest BCUT2D eigenvalue weighted by Crippen LogP contribution is 2.39. The lowest BCUT2D eigenvalue weighted by atomic mass is 9.85. The number of hydrogen-bond acceptors (Lipinski definition) is 5. The quantitative estimate of drug-likeness (QED) is 0.616. The number of carbonyl (C=O) groups excluding carboxylic acids is 1. The van der Waals surface area contributed by atoms with Gasteiger partial charge in [-0.3, -0.25) is 10.2 Å². The predicted molar refractivity (Wildman–Crippen MR) is 91.3 cm³/mol. The standard InChI is InChI=1S/C18H22F3N3O2/c1-24-11-5-6-12(24)8-10(7-11)9-14(25)16(22)13-3-2-4-15(17(13)23)26-18(19,20)21/h2-4,10-12,22H,5-9,23H2,1H3. The number of ketones is 1. The number of nitrogens with zero attached hydrogens (tertiary/aromatic N) is 1. The minimum absolute atomic E-state index is 0.0207. The number of nitrogens with two attached hydrogens (primary N) is 1. The molecule has 0 radical (unpaired) electrons. The number of carbonyl (C=O) groups is 1. The summed E-state index contributed by atoms with van der Waals surface area (Å²) in [7, 11) is 2.11. The lowest BCUT2D eigenvalue weighted by Crippen LogP contribution is -2.40. The predicted octanol–water partition coefficient (Wildman–Crippen LogP) is 3.37. The average molecular weight is 369 g/mol. The van der Waals surface area contributed by atoms with Gasteiger partial charge >= 0.3 is 6.36 Å². The molecule has 5 nitrogen and oxygen atoms in total. The number of rotatable bonds is 5. The fourth-order valence-electron chi connectivity index (χ4n) is 4.18. The van der Waals surface area contributed by atoms with E-state index in [1.165, 1.54) is 12.1 Å². The van der Waals surface area contributed by atoms with E-state index in [9.17, 15) is 18.0 Å². The normalized spacial score (nSPS) is 25.9. The first kappa shape index (κ1) is 18.7. The third-order valence-corrected chi connectivity index (χ3v) is 5.51. The lowest BCUT2D eigenvalue weighted by Gasteiger charge is -2.36. The molecular weight excluding hydrogens is 347 g/mol. The maximum absolute atomic E-state index is 12.5. The molecule has 8 heteroatoms. The van der Waals surface area contributed by atoms with Gasteiger partial charge in [0.15, 0.2) is 11.5 Å². The lowest BCUT2D eigenvalue weighted by molar-refractivity contribution is -0.274. The first-order valence-corrected chi connectivity index (χ1v) is 8.64. The largest absolute Gasteiger partial charge is 0.573 e. The highest BCUT2D eigenvalue weighted by Gasteiger charge is 2.39. The third kappa shape index (κ3) is 3.85. The Morgan fingerprint density at radius 1 is 1.31 bits per heavy atom. The van der Waals surface area contributed by atoms with Crippen molar-refractivity contribution >= 4 is 17.2 Å². The van der Waals surface area contributed by atoms with Gasteiger partial charge in [0.1, 0.15) is 5.71 Å². The van der Waals surface area contributed by atoms with Gasteiger partial charge in [-0.2, -0.15) is 0 Å². The average Bonchev–Trinajstić information content (AvgIpc) is 2.77. The first-order chi connectivity index (χ1) is 12.2. The fraction of sp³-hybridized carbons (Fsp3) is 0.556. The summed E-state index contributed by atoms with van der Waals surface area (Å²) in [6.07, 6.45) is -0.562. The van der Waals surface area contributed by atoms with Crippen LogP contribution in [0, 0.1) is 11.3 Å². The molecule has 2 atom stereocenters. The van der Waals surface area contributed by atoms with Crippen LogP contribution in [-0.2, 0) is 4.79 Å². The zero-order valence-electron chi connectivity index (χ0n) is 14.5. The van der Waals surface area contributed by atoms with Crippen molar-refractivity contribution in [3.05, 3.63) is 23.8 Å². The highest BCUT2D eigenvalue weighted by molar-refractivity contribution is 6.46. The molecule has 26 heavy (non-hydrogen) atoms. The molecule has 1 aromatic rings. The molecule has 2 heterocycles. The Labute approximate surface area is 149 Å². The molecule has 2 saturated heterocycles. The SMILES string of the molecule is CN1C2CCC1CC(CC(=O)C(=N)c1cccc(OC(F)(F)F)c1N)C2. The van der Waals surface area contributed by atoms with Gasteiger partial charge in [-0.25, -0.2) is 0 Å². The Balaban J connectivity index is 1.69. The number of piperidine rings is 1. The van der Waals surface area contributed by atoms with Gasteiger partial charge in [-0.15, -0.1) is 13.2 Å². The van der Waals surface area contributed by atoms with Crippen LogP contribution in [0.2, 0.25) is 0 Å². The van der Waals surface area contributed by atoms with Crippen LogP contribution in [0.4, 0.5) is 18.9 Å². The summed E-state index contributed by atoms with van der Waals surface area (Å²) in [6.45, 7) is 0. The number of para-hydroxylation sites is 1.